The van der Waals surface area contributed by atoms with Gasteiger partial charge in [-0.05, 0) is 51.2 Å². The van der Waals surface area contributed by atoms with Crippen LogP contribution in [0, 0.1) is 19.8 Å². The molecule has 4 rings (SSSR count). The lowest BCUT2D eigenvalue weighted by atomic mass is 10.1. The molecular weight excluding hydrogens is 302 g/mol. The first-order chi connectivity index (χ1) is 11.7. The topological polar surface area (TPSA) is 56.9 Å². The Hall–Kier alpha value is -1.66. The minimum Gasteiger partial charge on any atom is -0.370 e. The van der Waals surface area contributed by atoms with Gasteiger partial charge in [0.1, 0.15) is 6.10 Å². The molecular formula is C18H27N5O. The van der Waals surface area contributed by atoms with Crippen molar-refractivity contribution in [3.05, 3.63) is 35.4 Å². The van der Waals surface area contributed by atoms with Crippen LogP contribution in [-0.2, 0) is 17.8 Å². The van der Waals surface area contributed by atoms with Gasteiger partial charge in [0.25, 0.3) is 0 Å². The number of hydrogen-bond acceptors (Lipinski definition) is 4. The van der Waals surface area contributed by atoms with Crippen LogP contribution in [0.3, 0.4) is 0 Å². The Kier molecular flexibility index (Phi) is 4.41. The summed E-state index contributed by atoms with van der Waals surface area (Å²) >= 11 is 0. The maximum atomic E-state index is 6.04. The number of aromatic nitrogens is 4. The summed E-state index contributed by atoms with van der Waals surface area (Å²) in [6, 6.07) is 4.60. The predicted molar refractivity (Wildman–Crippen MR) is 91.8 cm³/mol. The molecule has 1 aliphatic carbocycles. The van der Waals surface area contributed by atoms with Crippen molar-refractivity contribution in [2.45, 2.75) is 58.3 Å². The highest BCUT2D eigenvalue weighted by Crippen LogP contribution is 2.34. The zero-order valence-electron chi connectivity index (χ0n) is 14.6. The van der Waals surface area contributed by atoms with Crippen LogP contribution in [0.25, 0.3) is 0 Å². The predicted octanol–water partition coefficient (Wildman–Crippen LogP) is 2.23. The summed E-state index contributed by atoms with van der Waals surface area (Å²) in [7, 11) is 0. The lowest BCUT2D eigenvalue weighted by molar-refractivity contribution is 0.0907. The monoisotopic (exact) mass is 329 g/mol. The van der Waals surface area contributed by atoms with Crippen LogP contribution in [0.15, 0.2) is 18.3 Å². The summed E-state index contributed by atoms with van der Waals surface area (Å²) in [4.78, 5) is 0. The van der Waals surface area contributed by atoms with Crippen molar-refractivity contribution in [3.63, 3.8) is 0 Å². The van der Waals surface area contributed by atoms with Crippen LogP contribution < -0.4 is 5.32 Å². The van der Waals surface area contributed by atoms with Crippen LogP contribution in [0.5, 0.6) is 0 Å². The number of nitrogens with zero attached hydrogens (tertiary/aromatic N) is 4. The van der Waals surface area contributed by atoms with E-state index in [1.165, 1.54) is 24.2 Å². The first-order valence-corrected chi connectivity index (χ1v) is 9.08. The number of nitrogens with one attached hydrogen (secondary N) is 1. The number of rotatable bonds is 7. The van der Waals surface area contributed by atoms with Crippen molar-refractivity contribution in [1.29, 1.82) is 0 Å². The molecule has 2 aromatic rings. The molecule has 2 atom stereocenters. The van der Waals surface area contributed by atoms with Gasteiger partial charge in [0.15, 0.2) is 0 Å². The van der Waals surface area contributed by atoms with E-state index in [0.29, 0.717) is 6.04 Å². The molecule has 2 aliphatic rings. The molecule has 3 heterocycles. The van der Waals surface area contributed by atoms with Gasteiger partial charge in [-0.3, -0.25) is 9.36 Å². The van der Waals surface area contributed by atoms with Crippen molar-refractivity contribution in [1.82, 2.24) is 24.9 Å². The quantitative estimate of drug-likeness (QED) is 0.846. The standard InChI is InChI=1S/C18H27N5O/c1-13-11-14(2)22(21-13)9-8-19-16-6-10-24-18(16)17-5-7-20-23(17)12-15-3-4-15/h5,7,11,15-16,18-19H,3-4,6,8-10,12H2,1-2H3/t16-,18-/m0/s1. The van der Waals surface area contributed by atoms with E-state index in [4.69, 9.17) is 4.74 Å². The van der Waals surface area contributed by atoms with E-state index < -0.39 is 0 Å². The molecule has 130 valence electrons. The van der Waals surface area contributed by atoms with Gasteiger partial charge in [-0.2, -0.15) is 10.2 Å². The maximum Gasteiger partial charge on any atom is 0.114 e. The summed E-state index contributed by atoms with van der Waals surface area (Å²) in [6.07, 6.45) is 5.76. The fourth-order valence-electron chi connectivity index (χ4n) is 3.63. The first-order valence-electron chi connectivity index (χ1n) is 9.08. The van der Waals surface area contributed by atoms with Gasteiger partial charge in [-0.25, -0.2) is 0 Å². The maximum absolute atomic E-state index is 6.04. The van der Waals surface area contributed by atoms with E-state index in [2.05, 4.69) is 43.9 Å². The molecule has 1 saturated heterocycles. The Morgan fingerprint density at radius 2 is 2.12 bits per heavy atom. The summed E-state index contributed by atoms with van der Waals surface area (Å²) in [5.74, 6) is 0.822. The van der Waals surface area contributed by atoms with Gasteiger partial charge >= 0.3 is 0 Å². The van der Waals surface area contributed by atoms with E-state index in [1.807, 2.05) is 13.1 Å². The SMILES string of the molecule is Cc1cc(C)n(CCN[C@H]2CCO[C@@H]2c2ccnn2CC2CC2)n1. The molecule has 0 radical (unpaired) electrons. The Balaban J connectivity index is 1.36. The van der Waals surface area contributed by atoms with E-state index in [1.54, 1.807) is 0 Å². The minimum absolute atomic E-state index is 0.117. The Labute approximate surface area is 143 Å². The van der Waals surface area contributed by atoms with Crippen molar-refractivity contribution in [2.75, 3.05) is 13.2 Å². The van der Waals surface area contributed by atoms with Gasteiger partial charge in [0.2, 0.25) is 0 Å². The van der Waals surface area contributed by atoms with E-state index >= 15 is 0 Å². The molecule has 0 unspecified atom stereocenters. The second kappa shape index (κ2) is 6.69. The van der Waals surface area contributed by atoms with Crippen LogP contribution in [0.4, 0.5) is 0 Å². The molecule has 0 spiro atoms. The first kappa shape index (κ1) is 15.8. The van der Waals surface area contributed by atoms with Crippen molar-refractivity contribution in [2.24, 2.45) is 5.92 Å². The molecule has 24 heavy (non-hydrogen) atoms. The highest BCUT2D eigenvalue weighted by molar-refractivity contribution is 5.10. The Morgan fingerprint density at radius 1 is 1.25 bits per heavy atom. The smallest absolute Gasteiger partial charge is 0.114 e. The number of hydrogen-bond donors (Lipinski definition) is 1. The summed E-state index contributed by atoms with van der Waals surface area (Å²) in [6.45, 7) is 7.81. The molecule has 6 heteroatoms. The summed E-state index contributed by atoms with van der Waals surface area (Å²) in [5.41, 5.74) is 3.53. The van der Waals surface area contributed by atoms with Crippen LogP contribution in [0.1, 0.15) is 42.4 Å². The molecule has 0 bridgehead atoms. The molecule has 1 aliphatic heterocycles. The number of ether oxygens (including phenoxy) is 1. The zero-order chi connectivity index (χ0) is 16.5. The molecule has 0 aromatic carbocycles. The van der Waals surface area contributed by atoms with Crippen molar-refractivity contribution in [3.8, 4) is 0 Å². The third kappa shape index (κ3) is 3.39. The fourth-order valence-corrected chi connectivity index (χ4v) is 3.63. The molecule has 2 aromatic heterocycles. The second-order valence-corrected chi connectivity index (χ2v) is 7.17. The van der Waals surface area contributed by atoms with E-state index in [9.17, 15) is 0 Å². The minimum atomic E-state index is 0.117. The third-order valence-corrected chi connectivity index (χ3v) is 5.09. The van der Waals surface area contributed by atoms with Crippen LogP contribution in [0.2, 0.25) is 0 Å². The van der Waals surface area contributed by atoms with E-state index in [-0.39, 0.29) is 6.10 Å². The molecule has 0 amide bonds. The highest BCUT2D eigenvalue weighted by Gasteiger charge is 2.33. The molecule has 1 saturated carbocycles. The lowest BCUT2D eigenvalue weighted by Gasteiger charge is -2.21. The lowest BCUT2D eigenvalue weighted by Crippen LogP contribution is -2.35. The fraction of sp³-hybridized carbons (Fsp3) is 0.667. The second-order valence-electron chi connectivity index (χ2n) is 7.17. The van der Waals surface area contributed by atoms with Gasteiger partial charge in [0.05, 0.1) is 17.9 Å². The van der Waals surface area contributed by atoms with Gasteiger partial charge in [-0.15, -0.1) is 0 Å². The summed E-state index contributed by atoms with van der Waals surface area (Å²) in [5, 5.41) is 12.7. The van der Waals surface area contributed by atoms with Gasteiger partial charge in [0, 0.05) is 37.6 Å². The normalized spacial score (nSPS) is 23.9. The summed E-state index contributed by atoms with van der Waals surface area (Å²) < 4.78 is 10.3. The van der Waals surface area contributed by atoms with Crippen molar-refractivity contribution >= 4 is 0 Å². The number of aryl methyl sites for hydroxylation is 2. The van der Waals surface area contributed by atoms with Gasteiger partial charge < -0.3 is 10.1 Å². The van der Waals surface area contributed by atoms with Gasteiger partial charge in [-0.1, -0.05) is 0 Å². The van der Waals surface area contributed by atoms with E-state index in [0.717, 1.165) is 44.3 Å². The average molecular weight is 329 g/mol. The molecule has 2 fully saturated rings. The van der Waals surface area contributed by atoms with Crippen LogP contribution >= 0.6 is 0 Å². The molecule has 1 N–H and O–H groups in total. The Morgan fingerprint density at radius 3 is 2.88 bits per heavy atom. The van der Waals surface area contributed by atoms with Crippen LogP contribution in [-0.4, -0.2) is 38.8 Å². The average Bonchev–Trinajstić information content (AvgIpc) is 2.92. The van der Waals surface area contributed by atoms with Crippen molar-refractivity contribution < 1.29 is 4.74 Å². The Bertz CT molecular complexity index is 687. The highest BCUT2D eigenvalue weighted by atomic mass is 16.5. The largest absolute Gasteiger partial charge is 0.370 e. The zero-order valence-corrected chi connectivity index (χ0v) is 14.6. The molecule has 6 nitrogen and oxygen atoms in total. The third-order valence-electron chi connectivity index (χ3n) is 5.09.